The molecule has 0 aromatic heterocycles. The second-order valence-electron chi connectivity index (χ2n) is 8.78. The molecule has 1 saturated heterocycles. The van der Waals surface area contributed by atoms with Gasteiger partial charge in [0.25, 0.3) is 0 Å². The standard InChI is InChI=1S/C26H33ClF2O2/c1-2-3-4-22-17-30-26(31-18-22)12-10-21-15-24(28)23(25(29)16-21)11-9-19-5-7-20(8-6-19)13-14-27/h13-16,19-20,22,26H,2-8,10,12,17-18H2,1H3. The third-order valence-electron chi connectivity index (χ3n) is 6.29. The molecule has 0 spiro atoms. The van der Waals surface area contributed by atoms with Crippen molar-refractivity contribution in [3.63, 3.8) is 0 Å². The minimum Gasteiger partial charge on any atom is -0.352 e. The Hall–Kier alpha value is -1.41. The van der Waals surface area contributed by atoms with E-state index in [-0.39, 0.29) is 17.8 Å². The topological polar surface area (TPSA) is 18.5 Å². The van der Waals surface area contributed by atoms with E-state index in [4.69, 9.17) is 21.1 Å². The van der Waals surface area contributed by atoms with Crippen molar-refractivity contribution in [2.75, 3.05) is 13.2 Å². The van der Waals surface area contributed by atoms with E-state index < -0.39 is 11.6 Å². The van der Waals surface area contributed by atoms with Crippen molar-refractivity contribution in [2.45, 2.75) is 71.0 Å². The van der Waals surface area contributed by atoms with Crippen LogP contribution in [-0.4, -0.2) is 19.5 Å². The zero-order chi connectivity index (χ0) is 22.1. The van der Waals surface area contributed by atoms with Gasteiger partial charge < -0.3 is 9.47 Å². The van der Waals surface area contributed by atoms with Crippen molar-refractivity contribution in [3.8, 4) is 11.8 Å². The van der Waals surface area contributed by atoms with Gasteiger partial charge in [0, 0.05) is 23.8 Å². The number of halogens is 3. The Morgan fingerprint density at radius 3 is 2.35 bits per heavy atom. The summed E-state index contributed by atoms with van der Waals surface area (Å²) in [6, 6.07) is 2.78. The average molecular weight is 451 g/mol. The summed E-state index contributed by atoms with van der Waals surface area (Å²) < 4.78 is 40.6. The molecule has 3 rings (SSSR count). The first kappa shape index (κ1) is 24.2. The minimum atomic E-state index is -0.591. The van der Waals surface area contributed by atoms with E-state index in [9.17, 15) is 8.78 Å². The van der Waals surface area contributed by atoms with Crippen LogP contribution < -0.4 is 0 Å². The highest BCUT2D eigenvalue weighted by Crippen LogP contribution is 2.29. The molecule has 0 unspecified atom stereocenters. The summed E-state index contributed by atoms with van der Waals surface area (Å²) in [6.45, 7) is 3.58. The second kappa shape index (κ2) is 12.6. The minimum absolute atomic E-state index is 0.129. The van der Waals surface area contributed by atoms with Gasteiger partial charge in [0.2, 0.25) is 0 Å². The molecule has 0 amide bonds. The lowest BCUT2D eigenvalue weighted by molar-refractivity contribution is -0.203. The van der Waals surface area contributed by atoms with E-state index in [0.717, 1.165) is 32.1 Å². The fourth-order valence-electron chi connectivity index (χ4n) is 4.32. The summed E-state index contributed by atoms with van der Waals surface area (Å²) in [4.78, 5) is 0. The van der Waals surface area contributed by atoms with E-state index in [1.807, 2.05) is 6.08 Å². The van der Waals surface area contributed by atoms with Gasteiger partial charge in [0.1, 0.15) is 11.6 Å². The molecule has 1 aromatic carbocycles. The Labute approximate surface area is 190 Å². The number of hydrogen-bond acceptors (Lipinski definition) is 2. The molecule has 31 heavy (non-hydrogen) atoms. The number of unbranched alkanes of at least 4 members (excludes halogenated alkanes) is 1. The summed E-state index contributed by atoms with van der Waals surface area (Å²) in [6.07, 6.45) is 10.2. The van der Waals surface area contributed by atoms with Crippen molar-refractivity contribution < 1.29 is 18.3 Å². The van der Waals surface area contributed by atoms with Gasteiger partial charge in [-0.1, -0.05) is 49.3 Å². The predicted molar refractivity (Wildman–Crippen MR) is 121 cm³/mol. The molecule has 0 atom stereocenters. The molecule has 1 heterocycles. The number of benzene rings is 1. The van der Waals surface area contributed by atoms with Crippen LogP contribution in [0.3, 0.4) is 0 Å². The maximum Gasteiger partial charge on any atom is 0.157 e. The van der Waals surface area contributed by atoms with Gasteiger partial charge in [0.15, 0.2) is 6.29 Å². The molecule has 5 heteroatoms. The van der Waals surface area contributed by atoms with Crippen molar-refractivity contribution >= 4 is 11.6 Å². The van der Waals surface area contributed by atoms with Gasteiger partial charge in [-0.15, -0.1) is 0 Å². The molecule has 0 radical (unpaired) electrons. The van der Waals surface area contributed by atoms with E-state index >= 15 is 0 Å². The molecule has 2 fully saturated rings. The zero-order valence-electron chi connectivity index (χ0n) is 18.3. The molecular weight excluding hydrogens is 418 g/mol. The number of hydrogen-bond donors (Lipinski definition) is 0. The van der Waals surface area contributed by atoms with Crippen LogP contribution in [0.4, 0.5) is 8.78 Å². The lowest BCUT2D eigenvalue weighted by Crippen LogP contribution is -2.32. The van der Waals surface area contributed by atoms with Gasteiger partial charge in [-0.3, -0.25) is 0 Å². The van der Waals surface area contributed by atoms with Gasteiger partial charge in [-0.05, 0) is 62.1 Å². The predicted octanol–water partition coefficient (Wildman–Crippen LogP) is 6.99. The molecule has 2 aliphatic rings. The van der Waals surface area contributed by atoms with Crippen molar-refractivity contribution in [3.05, 3.63) is 46.5 Å². The van der Waals surface area contributed by atoms with Crippen LogP contribution in [0.15, 0.2) is 23.7 Å². The average Bonchev–Trinajstić information content (AvgIpc) is 2.77. The highest BCUT2D eigenvalue weighted by atomic mass is 35.5. The van der Waals surface area contributed by atoms with Gasteiger partial charge in [-0.2, -0.15) is 0 Å². The fraction of sp³-hybridized carbons (Fsp3) is 0.615. The Kier molecular flexibility index (Phi) is 9.84. The maximum absolute atomic E-state index is 14.5. The molecule has 2 nitrogen and oxygen atoms in total. The molecule has 170 valence electrons. The summed E-state index contributed by atoms with van der Waals surface area (Å²) in [7, 11) is 0. The van der Waals surface area contributed by atoms with Crippen LogP contribution in [-0.2, 0) is 15.9 Å². The first-order chi connectivity index (χ1) is 15.1. The highest BCUT2D eigenvalue weighted by molar-refractivity contribution is 6.25. The summed E-state index contributed by atoms with van der Waals surface area (Å²) in [5.41, 5.74) is 2.05. The third-order valence-corrected chi connectivity index (χ3v) is 6.44. The lowest BCUT2D eigenvalue weighted by Gasteiger charge is -2.29. The largest absolute Gasteiger partial charge is 0.352 e. The number of allylic oxidation sites excluding steroid dienone is 1. The smallest absolute Gasteiger partial charge is 0.157 e. The SMILES string of the molecule is CCCCC1COC(CCc2cc(F)c(C#CC3CCC(C=CCl)CC3)c(F)c2)OC1. The molecule has 1 aromatic rings. The van der Waals surface area contributed by atoms with Crippen LogP contribution in [0.1, 0.15) is 69.4 Å². The van der Waals surface area contributed by atoms with Crippen molar-refractivity contribution in [2.24, 2.45) is 17.8 Å². The van der Waals surface area contributed by atoms with Crippen LogP contribution in [0, 0.1) is 41.2 Å². The zero-order valence-corrected chi connectivity index (χ0v) is 19.1. The molecule has 1 saturated carbocycles. The molecular formula is C26H33ClF2O2. The van der Waals surface area contributed by atoms with E-state index in [1.54, 1.807) is 5.54 Å². The summed E-state index contributed by atoms with van der Waals surface area (Å²) >= 11 is 5.64. The highest BCUT2D eigenvalue weighted by Gasteiger charge is 2.22. The van der Waals surface area contributed by atoms with E-state index in [1.165, 1.54) is 25.0 Å². The Bertz CT molecular complexity index is 759. The van der Waals surface area contributed by atoms with E-state index in [0.29, 0.717) is 43.5 Å². The van der Waals surface area contributed by atoms with Crippen LogP contribution in [0.25, 0.3) is 0 Å². The fourth-order valence-corrected chi connectivity index (χ4v) is 4.52. The van der Waals surface area contributed by atoms with Gasteiger partial charge in [-0.25, -0.2) is 8.78 Å². The maximum atomic E-state index is 14.5. The number of ether oxygens (including phenoxy) is 2. The summed E-state index contributed by atoms with van der Waals surface area (Å²) in [5, 5.41) is 0. The Morgan fingerprint density at radius 1 is 1.06 bits per heavy atom. The van der Waals surface area contributed by atoms with Crippen molar-refractivity contribution in [1.82, 2.24) is 0 Å². The van der Waals surface area contributed by atoms with Gasteiger partial charge in [0.05, 0.1) is 18.8 Å². The number of rotatable bonds is 7. The number of aryl methyl sites for hydroxylation is 1. The van der Waals surface area contributed by atoms with Crippen LogP contribution >= 0.6 is 11.6 Å². The third kappa shape index (κ3) is 7.59. The summed E-state index contributed by atoms with van der Waals surface area (Å²) in [5.74, 6) is 5.78. The molecule has 1 aliphatic carbocycles. The lowest BCUT2D eigenvalue weighted by atomic mass is 9.82. The van der Waals surface area contributed by atoms with Crippen molar-refractivity contribution in [1.29, 1.82) is 0 Å². The Morgan fingerprint density at radius 2 is 1.74 bits per heavy atom. The molecule has 0 bridgehead atoms. The monoisotopic (exact) mass is 450 g/mol. The first-order valence-corrected chi connectivity index (χ1v) is 12.0. The van der Waals surface area contributed by atoms with Gasteiger partial charge >= 0.3 is 0 Å². The first-order valence-electron chi connectivity index (χ1n) is 11.6. The van der Waals surface area contributed by atoms with Crippen LogP contribution in [0.2, 0.25) is 0 Å². The van der Waals surface area contributed by atoms with E-state index in [2.05, 4.69) is 18.8 Å². The second-order valence-corrected chi connectivity index (χ2v) is 9.03. The quantitative estimate of drug-likeness (QED) is 0.417. The molecule has 1 aliphatic heterocycles. The molecule has 0 N–H and O–H groups in total. The Balaban J connectivity index is 1.50. The van der Waals surface area contributed by atoms with Crippen LogP contribution in [0.5, 0.6) is 0 Å². The normalized spacial score (nSPS) is 26.6.